The van der Waals surface area contributed by atoms with Gasteiger partial charge in [0.05, 0.1) is 12.1 Å². The Kier molecular flexibility index (Phi) is 8.70. The lowest BCUT2D eigenvalue weighted by Crippen LogP contribution is -2.58. The van der Waals surface area contributed by atoms with E-state index in [1.54, 1.807) is 11.8 Å². The molecule has 2 aromatic rings. The van der Waals surface area contributed by atoms with Gasteiger partial charge in [0, 0.05) is 11.6 Å². The van der Waals surface area contributed by atoms with Crippen molar-refractivity contribution in [1.82, 2.24) is 15.3 Å². The van der Waals surface area contributed by atoms with Gasteiger partial charge >= 0.3 is 0 Å². The largest absolute Gasteiger partial charge is 0.321 e. The highest BCUT2D eigenvalue weighted by Crippen LogP contribution is 2.36. The average molecular weight is 468 g/mol. The highest BCUT2D eigenvalue weighted by Gasteiger charge is 2.44. The number of hydrazine groups is 1. The van der Waals surface area contributed by atoms with Crippen LogP contribution in [0.4, 0.5) is 0 Å². The second kappa shape index (κ2) is 11.5. The van der Waals surface area contributed by atoms with E-state index in [9.17, 15) is 9.59 Å². The number of carbonyl (C=O) groups is 2. The summed E-state index contributed by atoms with van der Waals surface area (Å²) in [7, 11) is 0. The van der Waals surface area contributed by atoms with Crippen molar-refractivity contribution in [3.8, 4) is 0 Å². The molecule has 0 spiro atoms. The molecule has 4 rings (SSSR count). The first-order valence-corrected chi connectivity index (χ1v) is 12.3. The maximum Gasteiger partial charge on any atom is 0.272 e. The van der Waals surface area contributed by atoms with Crippen molar-refractivity contribution in [3.63, 3.8) is 0 Å². The summed E-state index contributed by atoms with van der Waals surface area (Å²) >= 11 is 6.05. The van der Waals surface area contributed by atoms with Crippen molar-refractivity contribution in [2.75, 3.05) is 6.54 Å². The zero-order valence-electron chi connectivity index (χ0n) is 19.9. The third-order valence-electron chi connectivity index (χ3n) is 6.05. The molecule has 0 bridgehead atoms. The molecule has 176 valence electrons. The van der Waals surface area contributed by atoms with Gasteiger partial charge in [0.25, 0.3) is 5.91 Å². The second-order valence-electron chi connectivity index (χ2n) is 8.26. The summed E-state index contributed by atoms with van der Waals surface area (Å²) in [6.45, 7) is 8.24. The Bertz CT molecular complexity index is 975. The molecule has 1 amide bonds. The summed E-state index contributed by atoms with van der Waals surface area (Å²) < 4.78 is 0. The van der Waals surface area contributed by atoms with Crippen LogP contribution in [0.1, 0.15) is 70.2 Å². The number of benzene rings is 2. The van der Waals surface area contributed by atoms with E-state index in [-0.39, 0.29) is 23.8 Å². The zero-order chi connectivity index (χ0) is 24.0. The Morgan fingerprint density at radius 3 is 2.39 bits per heavy atom. The first kappa shape index (κ1) is 25.0. The summed E-state index contributed by atoms with van der Waals surface area (Å²) in [4.78, 5) is 28.0. The number of nitrogens with zero attached hydrogens (tertiary/aromatic N) is 2. The van der Waals surface area contributed by atoms with E-state index >= 15 is 0 Å². The fourth-order valence-corrected chi connectivity index (χ4v) is 4.63. The summed E-state index contributed by atoms with van der Waals surface area (Å²) in [5.74, 6) is -0.135. The number of rotatable bonds is 7. The van der Waals surface area contributed by atoms with E-state index in [4.69, 9.17) is 11.6 Å². The van der Waals surface area contributed by atoms with Crippen molar-refractivity contribution in [1.29, 1.82) is 0 Å². The first-order chi connectivity index (χ1) is 16.0. The molecule has 2 aliphatic heterocycles. The van der Waals surface area contributed by atoms with Gasteiger partial charge in [-0.1, -0.05) is 87.7 Å². The van der Waals surface area contributed by atoms with Gasteiger partial charge in [0.1, 0.15) is 11.7 Å². The number of nitrogens with one attached hydrogen (secondary N) is 1. The van der Waals surface area contributed by atoms with Gasteiger partial charge in [-0.05, 0) is 42.7 Å². The van der Waals surface area contributed by atoms with Gasteiger partial charge in [-0.15, -0.1) is 0 Å². The quantitative estimate of drug-likeness (QED) is 0.555. The number of piperazine rings is 1. The van der Waals surface area contributed by atoms with Crippen molar-refractivity contribution in [2.45, 2.75) is 65.1 Å². The lowest BCUT2D eigenvalue weighted by atomic mass is 9.97. The molecule has 2 aromatic carbocycles. The summed E-state index contributed by atoms with van der Waals surface area (Å²) in [5, 5.41) is 2.71. The number of unbranched alkanes of at least 4 members (excludes halogenated alkanes) is 1. The highest BCUT2D eigenvalue weighted by molar-refractivity contribution is 6.30. The highest BCUT2D eigenvalue weighted by atomic mass is 35.5. The predicted octanol–water partition coefficient (Wildman–Crippen LogP) is 5.84. The Balaban J connectivity index is 0.00000149. The fourth-order valence-electron chi connectivity index (χ4n) is 4.50. The lowest BCUT2D eigenvalue weighted by molar-refractivity contribution is -0.142. The van der Waals surface area contributed by atoms with Crippen LogP contribution in [0.3, 0.4) is 0 Å². The van der Waals surface area contributed by atoms with Crippen molar-refractivity contribution in [3.05, 3.63) is 82.5 Å². The maximum atomic E-state index is 13.6. The van der Waals surface area contributed by atoms with Gasteiger partial charge in [-0.3, -0.25) is 14.6 Å². The molecule has 1 N–H and O–H groups in total. The molecule has 3 atom stereocenters. The molecular weight excluding hydrogens is 434 g/mol. The van der Waals surface area contributed by atoms with Crippen LogP contribution in [0.2, 0.25) is 5.02 Å². The maximum absolute atomic E-state index is 13.6. The Morgan fingerprint density at radius 2 is 1.79 bits per heavy atom. The van der Waals surface area contributed by atoms with Crippen molar-refractivity contribution < 1.29 is 9.59 Å². The summed E-state index contributed by atoms with van der Waals surface area (Å²) in [5.41, 5.74) is 6.03. The Hall–Kier alpha value is -2.63. The van der Waals surface area contributed by atoms with E-state index in [1.807, 2.05) is 79.5 Å². The normalized spacial score (nSPS) is 20.5. The molecule has 0 radical (unpaired) electrons. The van der Waals surface area contributed by atoms with E-state index in [0.29, 0.717) is 17.3 Å². The number of carbonyl (C=O) groups excluding carboxylic acids is 2. The second-order valence-corrected chi connectivity index (χ2v) is 8.69. The molecule has 5 nitrogen and oxygen atoms in total. The van der Waals surface area contributed by atoms with E-state index in [2.05, 4.69) is 12.3 Å². The number of Topliss-reactive ketones (excluding diaryl/α,β-unsaturated/α-hetero) is 1. The average Bonchev–Trinajstić information content (AvgIpc) is 3.28. The van der Waals surface area contributed by atoms with Crippen LogP contribution < -0.4 is 5.43 Å². The summed E-state index contributed by atoms with van der Waals surface area (Å²) in [6.07, 6.45) is 5.04. The lowest BCUT2D eigenvalue weighted by Gasteiger charge is -2.44. The minimum Gasteiger partial charge on any atom is -0.321 e. The molecule has 1 fully saturated rings. The van der Waals surface area contributed by atoms with Crippen LogP contribution in [0.5, 0.6) is 0 Å². The van der Waals surface area contributed by atoms with E-state index in [0.717, 1.165) is 30.4 Å². The van der Waals surface area contributed by atoms with Gasteiger partial charge < -0.3 is 4.90 Å². The third kappa shape index (κ3) is 5.48. The molecule has 3 unspecified atom stereocenters. The van der Waals surface area contributed by atoms with Crippen LogP contribution in [0.15, 0.2) is 66.4 Å². The van der Waals surface area contributed by atoms with Crippen LogP contribution in [-0.2, 0) is 9.59 Å². The molecule has 0 saturated carbocycles. The topological polar surface area (TPSA) is 52.7 Å². The molecule has 1 saturated heterocycles. The van der Waals surface area contributed by atoms with Gasteiger partial charge in [0.15, 0.2) is 5.78 Å². The van der Waals surface area contributed by atoms with Gasteiger partial charge in [0.2, 0.25) is 0 Å². The van der Waals surface area contributed by atoms with Crippen LogP contribution in [0, 0.1) is 0 Å². The standard InChI is InChI=1S/C25H28ClN3O2.C2H6/c1-3-4-10-21-16-28(24(17(2)30)19-8-6-5-7-9-19)25(31)23-15-22(27-29(21)23)18-11-13-20(26)14-12-18;1-2/h5-9,11-15,21-22,24,27H,3-4,10,16H2,1-2H3;1-2H3. The van der Waals surface area contributed by atoms with Crippen molar-refractivity contribution in [2.24, 2.45) is 0 Å². The molecule has 0 aromatic heterocycles. The molecule has 6 heteroatoms. The number of hydrogen-bond donors (Lipinski definition) is 1. The number of halogens is 1. The molecule has 0 aliphatic carbocycles. The van der Waals surface area contributed by atoms with Crippen LogP contribution >= 0.6 is 11.6 Å². The van der Waals surface area contributed by atoms with Crippen LogP contribution in [-0.4, -0.2) is 34.2 Å². The Labute approximate surface area is 202 Å². The van der Waals surface area contributed by atoms with Gasteiger partial charge in [-0.25, -0.2) is 5.43 Å². The monoisotopic (exact) mass is 467 g/mol. The molecule has 2 aliphatic rings. The SMILES string of the molecule is CC.CCCCC1CN(C(C(C)=O)c2ccccc2)C(=O)C2=CC(c3ccc(Cl)cc3)NN21. The van der Waals surface area contributed by atoms with Crippen molar-refractivity contribution >= 4 is 23.3 Å². The minimum atomic E-state index is -0.574. The van der Waals surface area contributed by atoms with E-state index in [1.165, 1.54) is 0 Å². The number of hydrogen-bond acceptors (Lipinski definition) is 4. The zero-order valence-corrected chi connectivity index (χ0v) is 20.7. The molecular formula is C27H34ClN3O2. The first-order valence-electron chi connectivity index (χ1n) is 11.9. The molecule has 2 heterocycles. The summed E-state index contributed by atoms with van der Waals surface area (Å²) in [6, 6.07) is 16.7. The Morgan fingerprint density at radius 1 is 1.12 bits per heavy atom. The van der Waals surface area contributed by atoms with Gasteiger partial charge in [-0.2, -0.15) is 0 Å². The number of ketones is 1. The van der Waals surface area contributed by atoms with Crippen LogP contribution in [0.25, 0.3) is 0 Å². The minimum absolute atomic E-state index is 0.0250. The van der Waals surface area contributed by atoms with E-state index < -0.39 is 6.04 Å². The smallest absolute Gasteiger partial charge is 0.272 e. The number of fused-ring (bicyclic) bond motifs is 1. The fraction of sp³-hybridized carbons (Fsp3) is 0.407. The molecule has 33 heavy (non-hydrogen) atoms. The third-order valence-corrected chi connectivity index (χ3v) is 6.30. The number of amides is 1. The predicted molar refractivity (Wildman–Crippen MR) is 133 cm³/mol.